The molecule has 0 aliphatic carbocycles. The van der Waals surface area contributed by atoms with Crippen LogP contribution in [0.3, 0.4) is 0 Å². The average Bonchev–Trinajstić information content (AvgIpc) is 2.49. The average molecular weight is 288 g/mol. The van der Waals surface area contributed by atoms with Crippen LogP contribution in [0.2, 0.25) is 0 Å². The fraction of sp³-hybridized carbons (Fsp3) is 0.188. The molecule has 0 saturated carbocycles. The van der Waals surface area contributed by atoms with Gasteiger partial charge in [0.25, 0.3) is 0 Å². The summed E-state index contributed by atoms with van der Waals surface area (Å²) in [5, 5.41) is 3.13. The van der Waals surface area contributed by atoms with Crippen LogP contribution in [0.4, 0.5) is 4.39 Å². The van der Waals surface area contributed by atoms with Gasteiger partial charge in [-0.3, -0.25) is 4.79 Å². The second-order valence-electron chi connectivity index (χ2n) is 4.62. The quantitative estimate of drug-likeness (QED) is 0.856. The lowest BCUT2D eigenvalue weighted by molar-refractivity contribution is 0.1000. The molecule has 3 N–H and O–H groups in total. The van der Waals surface area contributed by atoms with E-state index in [1.165, 1.54) is 18.2 Å². The minimum Gasteiger partial charge on any atom is -0.497 e. The molecule has 2 aromatic rings. The van der Waals surface area contributed by atoms with Gasteiger partial charge >= 0.3 is 0 Å². The smallest absolute Gasteiger partial charge is 0.248 e. The summed E-state index contributed by atoms with van der Waals surface area (Å²) in [5.74, 6) is -0.132. The number of nitrogens with two attached hydrogens (primary N) is 1. The maximum absolute atomic E-state index is 13.6. The molecule has 0 radical (unpaired) electrons. The zero-order valence-electron chi connectivity index (χ0n) is 11.7. The Hall–Kier alpha value is -2.40. The van der Waals surface area contributed by atoms with Crippen molar-refractivity contribution >= 4 is 5.91 Å². The third kappa shape index (κ3) is 4.03. The van der Waals surface area contributed by atoms with Gasteiger partial charge in [-0.15, -0.1) is 0 Å². The number of hydrogen-bond acceptors (Lipinski definition) is 3. The predicted octanol–water partition coefficient (Wildman–Crippen LogP) is 2.22. The Balaban J connectivity index is 1.96. The van der Waals surface area contributed by atoms with E-state index in [2.05, 4.69) is 5.32 Å². The van der Waals surface area contributed by atoms with Crippen LogP contribution in [0, 0.1) is 5.82 Å². The predicted molar refractivity (Wildman–Crippen MR) is 78.5 cm³/mol. The molecular formula is C16H17FN2O2. The van der Waals surface area contributed by atoms with Gasteiger partial charge in [0.1, 0.15) is 11.6 Å². The van der Waals surface area contributed by atoms with Crippen molar-refractivity contribution in [3.63, 3.8) is 0 Å². The number of carbonyl (C=O) groups is 1. The Labute approximate surface area is 122 Å². The van der Waals surface area contributed by atoms with E-state index in [1.807, 2.05) is 24.3 Å². The highest BCUT2D eigenvalue weighted by Gasteiger charge is 2.06. The normalized spacial score (nSPS) is 10.4. The van der Waals surface area contributed by atoms with Crippen LogP contribution in [-0.4, -0.2) is 13.0 Å². The first kappa shape index (κ1) is 15.0. The largest absolute Gasteiger partial charge is 0.497 e. The lowest BCUT2D eigenvalue weighted by atomic mass is 10.1. The van der Waals surface area contributed by atoms with Crippen LogP contribution < -0.4 is 15.8 Å². The number of methoxy groups -OCH3 is 1. The summed E-state index contributed by atoms with van der Waals surface area (Å²) < 4.78 is 18.7. The van der Waals surface area contributed by atoms with E-state index in [9.17, 15) is 9.18 Å². The standard InChI is InChI=1S/C16H17FN2O2/c1-21-14-5-2-11(3-6-14)9-19-10-13-8-12(16(18)20)4-7-15(13)17/h2-8,19H,9-10H2,1H3,(H2,18,20). The highest BCUT2D eigenvalue weighted by Crippen LogP contribution is 2.13. The molecule has 2 rings (SSSR count). The zero-order valence-corrected chi connectivity index (χ0v) is 11.7. The van der Waals surface area contributed by atoms with Gasteiger partial charge < -0.3 is 15.8 Å². The van der Waals surface area contributed by atoms with Crippen LogP contribution >= 0.6 is 0 Å². The molecule has 0 heterocycles. The third-order valence-electron chi connectivity index (χ3n) is 3.13. The van der Waals surface area contributed by atoms with Crippen molar-refractivity contribution in [2.45, 2.75) is 13.1 Å². The van der Waals surface area contributed by atoms with E-state index in [0.717, 1.165) is 11.3 Å². The highest BCUT2D eigenvalue weighted by atomic mass is 19.1. The molecular weight excluding hydrogens is 271 g/mol. The molecule has 0 aliphatic rings. The molecule has 21 heavy (non-hydrogen) atoms. The molecule has 0 atom stereocenters. The Bertz CT molecular complexity index is 627. The van der Waals surface area contributed by atoms with E-state index in [1.54, 1.807) is 7.11 Å². The number of rotatable bonds is 6. The Morgan fingerprint density at radius 1 is 1.19 bits per heavy atom. The minimum absolute atomic E-state index is 0.303. The summed E-state index contributed by atoms with van der Waals surface area (Å²) in [6.07, 6.45) is 0. The maximum atomic E-state index is 13.6. The van der Waals surface area contributed by atoms with Crippen LogP contribution in [-0.2, 0) is 13.1 Å². The summed E-state index contributed by atoms with van der Waals surface area (Å²) in [5.41, 5.74) is 6.96. The molecule has 0 spiro atoms. The van der Waals surface area contributed by atoms with Gasteiger partial charge in [0.15, 0.2) is 0 Å². The number of halogens is 1. The van der Waals surface area contributed by atoms with E-state index < -0.39 is 5.91 Å². The van der Waals surface area contributed by atoms with E-state index in [-0.39, 0.29) is 5.82 Å². The van der Waals surface area contributed by atoms with Crippen LogP contribution in [0.25, 0.3) is 0 Å². The van der Waals surface area contributed by atoms with Gasteiger partial charge in [-0.05, 0) is 35.9 Å². The topological polar surface area (TPSA) is 64.3 Å². The first-order valence-electron chi connectivity index (χ1n) is 6.52. The maximum Gasteiger partial charge on any atom is 0.248 e. The minimum atomic E-state index is -0.564. The van der Waals surface area contributed by atoms with Gasteiger partial charge in [-0.2, -0.15) is 0 Å². The third-order valence-corrected chi connectivity index (χ3v) is 3.13. The van der Waals surface area contributed by atoms with Crippen LogP contribution in [0.1, 0.15) is 21.5 Å². The fourth-order valence-corrected chi connectivity index (χ4v) is 1.95. The number of amides is 1. The number of nitrogens with one attached hydrogen (secondary N) is 1. The van der Waals surface area contributed by atoms with Gasteiger partial charge in [0.2, 0.25) is 5.91 Å². The lowest BCUT2D eigenvalue weighted by Gasteiger charge is -2.08. The number of primary amides is 1. The molecule has 0 aliphatic heterocycles. The second kappa shape index (κ2) is 6.85. The van der Waals surface area contributed by atoms with Crippen LogP contribution in [0.15, 0.2) is 42.5 Å². The zero-order chi connectivity index (χ0) is 15.2. The number of carbonyl (C=O) groups excluding carboxylic acids is 1. The van der Waals surface area contributed by atoms with E-state index in [4.69, 9.17) is 10.5 Å². The highest BCUT2D eigenvalue weighted by molar-refractivity contribution is 5.92. The number of benzene rings is 2. The summed E-state index contributed by atoms with van der Waals surface area (Å²) >= 11 is 0. The molecule has 0 bridgehead atoms. The summed E-state index contributed by atoms with van der Waals surface area (Å²) in [6, 6.07) is 11.7. The molecule has 2 aromatic carbocycles. The van der Waals surface area contributed by atoms with Crippen molar-refractivity contribution < 1.29 is 13.9 Å². The summed E-state index contributed by atoms with van der Waals surface area (Å²) in [4.78, 5) is 11.1. The SMILES string of the molecule is COc1ccc(CNCc2cc(C(N)=O)ccc2F)cc1. The molecule has 0 unspecified atom stereocenters. The van der Waals surface area contributed by atoms with Gasteiger partial charge in [0.05, 0.1) is 7.11 Å². The van der Waals surface area contributed by atoms with Crippen LogP contribution in [0.5, 0.6) is 5.75 Å². The van der Waals surface area contributed by atoms with E-state index >= 15 is 0 Å². The first-order valence-corrected chi connectivity index (χ1v) is 6.52. The molecule has 5 heteroatoms. The van der Waals surface area contributed by atoms with Crippen molar-refractivity contribution in [3.8, 4) is 5.75 Å². The van der Waals surface area contributed by atoms with E-state index in [0.29, 0.717) is 24.2 Å². The Morgan fingerprint density at radius 2 is 1.90 bits per heavy atom. The number of hydrogen-bond donors (Lipinski definition) is 2. The van der Waals surface area contributed by atoms with Crippen molar-refractivity contribution in [3.05, 3.63) is 65.0 Å². The summed E-state index contributed by atoms with van der Waals surface area (Å²) in [6.45, 7) is 0.906. The molecule has 110 valence electrons. The van der Waals surface area contributed by atoms with Crippen molar-refractivity contribution in [2.24, 2.45) is 5.73 Å². The fourth-order valence-electron chi connectivity index (χ4n) is 1.95. The van der Waals surface area contributed by atoms with Crippen molar-refractivity contribution in [1.29, 1.82) is 0 Å². The van der Waals surface area contributed by atoms with Crippen molar-refractivity contribution in [2.75, 3.05) is 7.11 Å². The Kier molecular flexibility index (Phi) is 4.90. The van der Waals surface area contributed by atoms with Crippen molar-refractivity contribution in [1.82, 2.24) is 5.32 Å². The first-order chi connectivity index (χ1) is 10.1. The number of ether oxygens (including phenoxy) is 1. The van der Waals surface area contributed by atoms with Gasteiger partial charge in [0, 0.05) is 24.2 Å². The Morgan fingerprint density at radius 3 is 2.52 bits per heavy atom. The van der Waals surface area contributed by atoms with Gasteiger partial charge in [-0.25, -0.2) is 4.39 Å². The summed E-state index contributed by atoms with van der Waals surface area (Å²) in [7, 11) is 1.61. The molecule has 4 nitrogen and oxygen atoms in total. The van der Waals surface area contributed by atoms with Gasteiger partial charge in [-0.1, -0.05) is 12.1 Å². The monoisotopic (exact) mass is 288 g/mol. The molecule has 1 amide bonds. The molecule has 0 aromatic heterocycles. The molecule has 0 fully saturated rings. The second-order valence-corrected chi connectivity index (χ2v) is 4.62. The molecule has 0 saturated heterocycles. The lowest BCUT2D eigenvalue weighted by Crippen LogP contribution is -2.16.